The number of aromatic nitrogens is 1. The number of hydrogen-bond donors (Lipinski definition) is 1. The van der Waals surface area contributed by atoms with E-state index in [0.717, 1.165) is 25.1 Å². The minimum Gasteiger partial charge on any atom is -0.341 e. The quantitative estimate of drug-likeness (QED) is 0.848. The highest BCUT2D eigenvalue weighted by Gasteiger charge is 2.32. The molecule has 5 nitrogen and oxygen atoms in total. The molecule has 0 unspecified atom stereocenters. The van der Waals surface area contributed by atoms with Crippen molar-refractivity contribution in [1.29, 1.82) is 0 Å². The molecule has 2 rings (SSSR count). The Morgan fingerprint density at radius 3 is 2.41 bits per heavy atom. The van der Waals surface area contributed by atoms with Crippen LogP contribution in [-0.2, 0) is 15.8 Å². The van der Waals surface area contributed by atoms with E-state index in [1.54, 1.807) is 6.92 Å². The summed E-state index contributed by atoms with van der Waals surface area (Å²) < 4.78 is 37.3. The van der Waals surface area contributed by atoms with Gasteiger partial charge in [0.15, 0.2) is 0 Å². The zero-order valence-corrected chi connectivity index (χ0v) is 12.0. The number of nitrogens with one attached hydrogen (secondary N) is 1. The number of carbonyl (C=O) groups excluding carboxylic acids is 2. The summed E-state index contributed by atoms with van der Waals surface area (Å²) >= 11 is 0. The van der Waals surface area contributed by atoms with E-state index >= 15 is 0 Å². The third kappa shape index (κ3) is 3.75. The summed E-state index contributed by atoms with van der Waals surface area (Å²) in [4.78, 5) is 28.5. The van der Waals surface area contributed by atoms with Gasteiger partial charge < -0.3 is 10.2 Å². The molecule has 0 aliphatic carbocycles. The topological polar surface area (TPSA) is 62.3 Å². The lowest BCUT2D eigenvalue weighted by molar-refractivity contribution is -0.145. The van der Waals surface area contributed by atoms with Gasteiger partial charge in [0.05, 0.1) is 6.04 Å². The monoisotopic (exact) mass is 315 g/mol. The first-order valence-corrected chi connectivity index (χ1v) is 6.92. The molecule has 2 heterocycles. The average Bonchev–Trinajstić information content (AvgIpc) is 2.99. The van der Waals surface area contributed by atoms with Gasteiger partial charge in [-0.2, -0.15) is 13.2 Å². The first kappa shape index (κ1) is 16.3. The Kier molecular flexibility index (Phi) is 4.68. The molecular formula is C14H16F3N3O2. The molecule has 1 aromatic rings. The van der Waals surface area contributed by atoms with E-state index < -0.39 is 29.7 Å². The van der Waals surface area contributed by atoms with Crippen molar-refractivity contribution in [3.63, 3.8) is 0 Å². The highest BCUT2D eigenvalue weighted by molar-refractivity contribution is 6.35. The molecule has 1 aliphatic heterocycles. The van der Waals surface area contributed by atoms with Crippen molar-refractivity contribution in [2.75, 3.05) is 13.1 Å². The Hall–Kier alpha value is -2.12. The van der Waals surface area contributed by atoms with Gasteiger partial charge in [-0.05, 0) is 31.4 Å². The molecule has 2 amide bonds. The maximum absolute atomic E-state index is 12.4. The number of hydrogen-bond acceptors (Lipinski definition) is 3. The molecule has 1 fully saturated rings. The summed E-state index contributed by atoms with van der Waals surface area (Å²) in [7, 11) is 0. The number of halogens is 3. The Morgan fingerprint density at radius 2 is 1.91 bits per heavy atom. The zero-order chi connectivity index (χ0) is 16.3. The first-order chi connectivity index (χ1) is 10.3. The SMILES string of the molecule is C[C@@H](NC(=O)C(=O)N1CCCC1)c1ccc(C(F)(F)F)nc1. The highest BCUT2D eigenvalue weighted by atomic mass is 19.4. The molecular weight excluding hydrogens is 299 g/mol. The molecule has 0 spiro atoms. The second-order valence-corrected chi connectivity index (χ2v) is 5.17. The molecule has 0 saturated carbocycles. The van der Waals surface area contributed by atoms with E-state index in [0.29, 0.717) is 18.7 Å². The average molecular weight is 315 g/mol. The number of carbonyl (C=O) groups is 2. The number of amides is 2. The van der Waals surface area contributed by atoms with Gasteiger partial charge in [0.1, 0.15) is 5.69 Å². The number of pyridine rings is 1. The van der Waals surface area contributed by atoms with Crippen LogP contribution in [0.2, 0.25) is 0 Å². The van der Waals surface area contributed by atoms with Gasteiger partial charge in [-0.3, -0.25) is 14.6 Å². The lowest BCUT2D eigenvalue weighted by atomic mass is 10.1. The number of alkyl halides is 3. The largest absolute Gasteiger partial charge is 0.433 e. The predicted octanol–water partition coefficient (Wildman–Crippen LogP) is 1.90. The van der Waals surface area contributed by atoms with E-state index in [1.165, 1.54) is 11.0 Å². The summed E-state index contributed by atoms with van der Waals surface area (Å²) in [5.74, 6) is -1.36. The minimum absolute atomic E-state index is 0.399. The number of nitrogens with zero attached hydrogens (tertiary/aromatic N) is 2. The normalized spacial score (nSPS) is 16.5. The molecule has 0 aromatic carbocycles. The van der Waals surface area contributed by atoms with E-state index in [4.69, 9.17) is 0 Å². The molecule has 22 heavy (non-hydrogen) atoms. The standard InChI is InChI=1S/C14H16F3N3O2/c1-9(10-4-5-11(18-8-10)14(15,16)17)19-12(21)13(22)20-6-2-3-7-20/h4-5,8-9H,2-3,6-7H2,1H3,(H,19,21)/t9-/m1/s1. The van der Waals surface area contributed by atoms with E-state index in [9.17, 15) is 22.8 Å². The summed E-state index contributed by atoms with van der Waals surface area (Å²) in [5.41, 5.74) is -0.599. The fourth-order valence-corrected chi connectivity index (χ4v) is 2.23. The molecule has 1 N–H and O–H groups in total. The summed E-state index contributed by atoms with van der Waals surface area (Å²) in [6, 6.07) is 1.48. The van der Waals surface area contributed by atoms with E-state index in [1.807, 2.05) is 0 Å². The van der Waals surface area contributed by atoms with Gasteiger partial charge in [-0.15, -0.1) is 0 Å². The van der Waals surface area contributed by atoms with Crippen LogP contribution in [0.3, 0.4) is 0 Å². The van der Waals surface area contributed by atoms with E-state index in [-0.39, 0.29) is 0 Å². The Balaban J connectivity index is 1.98. The molecule has 1 saturated heterocycles. The molecule has 0 radical (unpaired) electrons. The van der Waals surface area contributed by atoms with Gasteiger partial charge in [-0.25, -0.2) is 0 Å². The van der Waals surface area contributed by atoms with Gasteiger partial charge in [0.25, 0.3) is 0 Å². The van der Waals surface area contributed by atoms with Gasteiger partial charge in [0.2, 0.25) is 0 Å². The third-order valence-electron chi connectivity index (χ3n) is 3.51. The fraction of sp³-hybridized carbons (Fsp3) is 0.500. The van der Waals surface area contributed by atoms with Crippen LogP contribution in [-0.4, -0.2) is 34.8 Å². The molecule has 1 atom stereocenters. The summed E-state index contributed by atoms with van der Waals surface area (Å²) in [6.07, 6.45) is -1.71. The van der Waals surface area contributed by atoms with Crippen LogP contribution in [0.4, 0.5) is 13.2 Å². The minimum atomic E-state index is -4.50. The van der Waals surface area contributed by atoms with Gasteiger partial charge >= 0.3 is 18.0 Å². The highest BCUT2D eigenvalue weighted by Crippen LogP contribution is 2.27. The van der Waals surface area contributed by atoms with Crippen LogP contribution in [0.25, 0.3) is 0 Å². The molecule has 0 bridgehead atoms. The lowest BCUT2D eigenvalue weighted by Crippen LogP contribution is -2.42. The Labute approximate surface area is 125 Å². The van der Waals surface area contributed by atoms with Gasteiger partial charge in [-0.1, -0.05) is 6.07 Å². The second kappa shape index (κ2) is 6.33. The van der Waals surface area contributed by atoms with Crippen LogP contribution < -0.4 is 5.32 Å². The lowest BCUT2D eigenvalue weighted by Gasteiger charge is -2.18. The summed E-state index contributed by atoms with van der Waals surface area (Å²) in [6.45, 7) is 2.70. The fourth-order valence-electron chi connectivity index (χ4n) is 2.23. The maximum atomic E-state index is 12.4. The van der Waals surface area contributed by atoms with Crippen molar-refractivity contribution >= 4 is 11.8 Å². The van der Waals surface area contributed by atoms with Crippen molar-refractivity contribution in [2.45, 2.75) is 32.0 Å². The van der Waals surface area contributed by atoms with Crippen LogP contribution in [0.1, 0.15) is 37.1 Å². The molecule has 1 aliphatic rings. The van der Waals surface area contributed by atoms with Gasteiger partial charge in [0, 0.05) is 19.3 Å². The Morgan fingerprint density at radius 1 is 1.27 bits per heavy atom. The molecule has 8 heteroatoms. The zero-order valence-electron chi connectivity index (χ0n) is 12.0. The van der Waals surface area contributed by atoms with Crippen molar-refractivity contribution in [1.82, 2.24) is 15.2 Å². The first-order valence-electron chi connectivity index (χ1n) is 6.92. The smallest absolute Gasteiger partial charge is 0.341 e. The number of rotatable bonds is 2. The Bertz CT molecular complexity index is 551. The third-order valence-corrected chi connectivity index (χ3v) is 3.51. The second-order valence-electron chi connectivity index (χ2n) is 5.17. The van der Waals surface area contributed by atoms with Crippen LogP contribution in [0, 0.1) is 0 Å². The van der Waals surface area contributed by atoms with Crippen molar-refractivity contribution < 1.29 is 22.8 Å². The van der Waals surface area contributed by atoms with Crippen molar-refractivity contribution in [3.05, 3.63) is 29.6 Å². The summed E-state index contributed by atoms with van der Waals surface area (Å²) in [5, 5.41) is 2.48. The maximum Gasteiger partial charge on any atom is 0.433 e. The van der Waals surface area contributed by atoms with Crippen LogP contribution in [0.5, 0.6) is 0 Å². The number of likely N-dealkylation sites (tertiary alicyclic amines) is 1. The van der Waals surface area contributed by atoms with Crippen molar-refractivity contribution in [3.8, 4) is 0 Å². The van der Waals surface area contributed by atoms with Crippen LogP contribution in [0.15, 0.2) is 18.3 Å². The van der Waals surface area contributed by atoms with Crippen molar-refractivity contribution in [2.24, 2.45) is 0 Å². The molecule has 120 valence electrons. The predicted molar refractivity (Wildman–Crippen MR) is 71.6 cm³/mol. The molecule has 1 aromatic heterocycles. The van der Waals surface area contributed by atoms with E-state index in [2.05, 4.69) is 10.3 Å². The van der Waals surface area contributed by atoms with Crippen LogP contribution >= 0.6 is 0 Å².